The Morgan fingerprint density at radius 1 is 1.12 bits per heavy atom. The molecule has 0 fully saturated rings. The largest absolute Gasteiger partial charge is 0.445 e. The van der Waals surface area contributed by atoms with Gasteiger partial charge in [0.05, 0.1) is 18.4 Å². The summed E-state index contributed by atoms with van der Waals surface area (Å²) in [4.78, 5) is 25.3. The number of nitrogens with zero attached hydrogens (tertiary/aromatic N) is 4. The van der Waals surface area contributed by atoms with E-state index < -0.39 is 0 Å². The summed E-state index contributed by atoms with van der Waals surface area (Å²) in [5, 5.41) is 0. The number of carbonyl (C=O) groups is 1. The van der Waals surface area contributed by atoms with Gasteiger partial charge in [0.1, 0.15) is 23.7 Å². The minimum atomic E-state index is -0.374. The molecule has 0 spiro atoms. The fourth-order valence-corrected chi connectivity index (χ4v) is 3.65. The van der Waals surface area contributed by atoms with Gasteiger partial charge in [-0.3, -0.25) is 4.79 Å². The van der Waals surface area contributed by atoms with Gasteiger partial charge in [0, 0.05) is 31.3 Å². The molecule has 174 valence electrons. The molecule has 0 saturated heterocycles. The minimum Gasteiger partial charge on any atom is -0.445 e. The number of hydrogen-bond donors (Lipinski definition) is 0. The van der Waals surface area contributed by atoms with Crippen LogP contribution < -0.4 is 0 Å². The molecule has 1 aromatic heterocycles. The molecule has 0 unspecified atom stereocenters. The lowest BCUT2D eigenvalue weighted by molar-refractivity contribution is -0.130. The quantitative estimate of drug-likeness (QED) is 0.396. The number of amides is 1. The van der Waals surface area contributed by atoms with Crippen molar-refractivity contribution in [3.05, 3.63) is 102 Å². The molecule has 0 radical (unpaired) electrons. The molecule has 1 aliphatic rings. The SMILES string of the molecule is C=C(N=C(c1ccc(F)cc1)N(C)CC(=O)N1CC=C(c2ncco2)CC1)c1ccc(F)cc1. The number of hydrogen-bond acceptors (Lipinski definition) is 4. The van der Waals surface area contributed by atoms with Gasteiger partial charge >= 0.3 is 0 Å². The molecule has 6 nitrogen and oxygen atoms in total. The lowest BCUT2D eigenvalue weighted by Crippen LogP contribution is -2.43. The zero-order valence-corrected chi connectivity index (χ0v) is 18.7. The molecule has 34 heavy (non-hydrogen) atoms. The summed E-state index contributed by atoms with van der Waals surface area (Å²) >= 11 is 0. The summed E-state index contributed by atoms with van der Waals surface area (Å²) in [5.74, 6) is 0.224. The lowest BCUT2D eigenvalue weighted by atomic mass is 10.1. The Morgan fingerprint density at radius 3 is 2.32 bits per heavy atom. The third-order valence-electron chi connectivity index (χ3n) is 5.52. The zero-order chi connectivity index (χ0) is 24.1. The zero-order valence-electron chi connectivity index (χ0n) is 18.7. The van der Waals surface area contributed by atoms with Crippen LogP contribution in [0.5, 0.6) is 0 Å². The standard InChI is InChI=1S/C26H24F2N4O2/c1-18(19-3-7-22(27)8-4-19)30-25(20-5-9-23(28)10-6-20)31(2)17-24(33)32-14-11-21(12-15-32)26-29-13-16-34-26/h3-11,13,16H,1,12,14-15,17H2,2H3. The van der Waals surface area contributed by atoms with Crippen LogP contribution >= 0.6 is 0 Å². The molecule has 1 amide bonds. The van der Waals surface area contributed by atoms with E-state index in [1.54, 1.807) is 47.3 Å². The van der Waals surface area contributed by atoms with Crippen LogP contribution in [0.2, 0.25) is 0 Å². The van der Waals surface area contributed by atoms with E-state index in [9.17, 15) is 13.6 Å². The summed E-state index contributed by atoms with van der Waals surface area (Å²) < 4.78 is 32.2. The van der Waals surface area contributed by atoms with Crippen molar-refractivity contribution in [3.63, 3.8) is 0 Å². The maximum Gasteiger partial charge on any atom is 0.242 e. The number of aromatic nitrogens is 1. The summed E-state index contributed by atoms with van der Waals surface area (Å²) in [6.07, 6.45) is 5.71. The minimum absolute atomic E-state index is 0.0646. The molecule has 2 aromatic carbocycles. The van der Waals surface area contributed by atoms with Gasteiger partial charge in [-0.15, -0.1) is 0 Å². The number of benzene rings is 2. The van der Waals surface area contributed by atoms with Crippen molar-refractivity contribution in [2.24, 2.45) is 4.99 Å². The van der Waals surface area contributed by atoms with Gasteiger partial charge in [0.2, 0.25) is 11.8 Å². The topological polar surface area (TPSA) is 61.9 Å². The van der Waals surface area contributed by atoms with E-state index in [1.165, 1.54) is 30.5 Å². The Morgan fingerprint density at radius 2 is 1.76 bits per heavy atom. The molecular weight excluding hydrogens is 438 g/mol. The van der Waals surface area contributed by atoms with Crippen LogP contribution in [0.1, 0.15) is 23.4 Å². The average Bonchev–Trinajstić information content (AvgIpc) is 3.38. The first-order valence-corrected chi connectivity index (χ1v) is 10.8. The predicted octanol–water partition coefficient (Wildman–Crippen LogP) is 4.62. The monoisotopic (exact) mass is 462 g/mol. The van der Waals surface area contributed by atoms with Crippen molar-refractivity contribution in [2.45, 2.75) is 6.42 Å². The highest BCUT2D eigenvalue weighted by atomic mass is 19.1. The second kappa shape index (κ2) is 10.2. The maximum atomic E-state index is 13.5. The summed E-state index contributed by atoms with van der Waals surface area (Å²) in [5.41, 5.74) is 2.65. The van der Waals surface area contributed by atoms with Crippen molar-refractivity contribution >= 4 is 23.0 Å². The molecule has 4 rings (SSSR count). The molecule has 0 atom stereocenters. The van der Waals surface area contributed by atoms with E-state index in [2.05, 4.69) is 16.6 Å². The molecule has 3 aromatic rings. The number of likely N-dealkylation sites (N-methyl/N-ethyl adjacent to an activating group) is 1. The molecule has 1 aliphatic heterocycles. The van der Waals surface area contributed by atoms with E-state index in [0.29, 0.717) is 48.1 Å². The fourth-order valence-electron chi connectivity index (χ4n) is 3.65. The van der Waals surface area contributed by atoms with Crippen LogP contribution in [-0.4, -0.2) is 53.2 Å². The Kier molecular flexibility index (Phi) is 6.96. The Labute approximate surface area is 196 Å². The highest BCUT2D eigenvalue weighted by molar-refractivity contribution is 6.03. The van der Waals surface area contributed by atoms with Crippen molar-refractivity contribution in [1.29, 1.82) is 0 Å². The maximum absolute atomic E-state index is 13.5. The number of aliphatic imine (C=N–C) groups is 1. The first kappa shape index (κ1) is 23.1. The molecule has 0 N–H and O–H groups in total. The third-order valence-corrected chi connectivity index (χ3v) is 5.52. The van der Waals surface area contributed by atoms with Gasteiger partial charge in [-0.05, 0) is 60.5 Å². The summed E-state index contributed by atoms with van der Waals surface area (Å²) in [7, 11) is 1.75. The van der Waals surface area contributed by atoms with Gasteiger partial charge in [-0.25, -0.2) is 18.8 Å². The second-order valence-corrected chi connectivity index (χ2v) is 7.91. The Balaban J connectivity index is 1.51. The average molecular weight is 463 g/mol. The highest BCUT2D eigenvalue weighted by Gasteiger charge is 2.22. The van der Waals surface area contributed by atoms with Crippen LogP contribution in [0.4, 0.5) is 8.78 Å². The number of oxazole rings is 1. The molecular formula is C26H24F2N4O2. The van der Waals surface area contributed by atoms with E-state index in [-0.39, 0.29) is 24.1 Å². The summed E-state index contributed by atoms with van der Waals surface area (Å²) in [6, 6.07) is 11.7. The van der Waals surface area contributed by atoms with Crippen LogP contribution in [0.25, 0.3) is 11.3 Å². The van der Waals surface area contributed by atoms with E-state index >= 15 is 0 Å². The fraction of sp³-hybridized carbons (Fsp3) is 0.192. The lowest BCUT2D eigenvalue weighted by Gasteiger charge is -2.29. The summed E-state index contributed by atoms with van der Waals surface area (Å²) in [6.45, 7) is 5.06. The second-order valence-electron chi connectivity index (χ2n) is 7.91. The third kappa shape index (κ3) is 5.46. The van der Waals surface area contributed by atoms with Crippen LogP contribution in [0.3, 0.4) is 0 Å². The van der Waals surface area contributed by atoms with Crippen LogP contribution in [-0.2, 0) is 4.79 Å². The predicted molar refractivity (Wildman–Crippen MR) is 127 cm³/mol. The highest BCUT2D eigenvalue weighted by Crippen LogP contribution is 2.21. The molecule has 0 aliphatic carbocycles. The molecule has 2 heterocycles. The van der Waals surface area contributed by atoms with E-state index in [4.69, 9.17) is 4.42 Å². The van der Waals surface area contributed by atoms with Crippen LogP contribution in [0, 0.1) is 11.6 Å². The first-order valence-electron chi connectivity index (χ1n) is 10.8. The van der Waals surface area contributed by atoms with E-state index in [0.717, 1.165) is 5.57 Å². The number of rotatable bonds is 6. The molecule has 8 heteroatoms. The number of amidine groups is 1. The van der Waals surface area contributed by atoms with Gasteiger partial charge in [-0.1, -0.05) is 12.7 Å². The smallest absolute Gasteiger partial charge is 0.242 e. The van der Waals surface area contributed by atoms with Gasteiger partial charge in [-0.2, -0.15) is 0 Å². The van der Waals surface area contributed by atoms with Gasteiger partial charge < -0.3 is 14.2 Å². The van der Waals surface area contributed by atoms with Gasteiger partial charge in [0.15, 0.2) is 0 Å². The van der Waals surface area contributed by atoms with Crippen molar-refractivity contribution < 1.29 is 18.0 Å². The van der Waals surface area contributed by atoms with Crippen LogP contribution in [0.15, 0.2) is 83.1 Å². The van der Waals surface area contributed by atoms with Crippen molar-refractivity contribution in [3.8, 4) is 0 Å². The number of halogens is 2. The molecule has 0 bridgehead atoms. The first-order chi connectivity index (χ1) is 16.4. The van der Waals surface area contributed by atoms with E-state index in [1.807, 2.05) is 6.08 Å². The Bertz CT molecular complexity index is 1220. The van der Waals surface area contributed by atoms with Crippen molar-refractivity contribution in [1.82, 2.24) is 14.8 Å². The Hall–Kier alpha value is -4.07. The molecule has 0 saturated carbocycles. The normalized spacial score (nSPS) is 14.0. The van der Waals surface area contributed by atoms with Gasteiger partial charge in [0.25, 0.3) is 0 Å². The van der Waals surface area contributed by atoms with Crippen molar-refractivity contribution in [2.75, 3.05) is 26.7 Å². The number of carbonyl (C=O) groups excluding carboxylic acids is 1.